The molecule has 47 heavy (non-hydrogen) atoms. The fourth-order valence-electron chi connectivity index (χ4n) is 6.42. The Kier molecular flexibility index (Phi) is 6.43. The van der Waals surface area contributed by atoms with Crippen LogP contribution in [-0.4, -0.2) is 15.0 Å². The summed E-state index contributed by atoms with van der Waals surface area (Å²) < 4.78 is 6.81. The maximum Gasteiger partial charge on any atom is 0.164 e. The van der Waals surface area contributed by atoms with E-state index in [1.165, 1.54) is 16.5 Å². The van der Waals surface area contributed by atoms with Crippen LogP contribution < -0.4 is 0 Å². The van der Waals surface area contributed by atoms with Crippen molar-refractivity contribution in [3.8, 4) is 56.4 Å². The molecular weight excluding hydrogens is 574 g/mol. The molecule has 0 saturated carbocycles. The van der Waals surface area contributed by atoms with Crippen LogP contribution in [0.1, 0.15) is 0 Å². The first kappa shape index (κ1) is 27.0. The van der Waals surface area contributed by atoms with E-state index >= 15 is 0 Å². The van der Waals surface area contributed by atoms with Gasteiger partial charge in [-0.2, -0.15) is 0 Å². The molecule has 0 N–H and O–H groups in total. The molecular formula is C43H27N3O. The van der Waals surface area contributed by atoms with Gasteiger partial charge in [-0.1, -0.05) is 140 Å². The summed E-state index contributed by atoms with van der Waals surface area (Å²) in [7, 11) is 0. The zero-order chi connectivity index (χ0) is 31.2. The summed E-state index contributed by atoms with van der Waals surface area (Å²) in [6.45, 7) is 0. The monoisotopic (exact) mass is 601 g/mol. The molecule has 0 bridgehead atoms. The van der Waals surface area contributed by atoms with Crippen LogP contribution in [0.3, 0.4) is 0 Å². The fourth-order valence-corrected chi connectivity index (χ4v) is 6.42. The van der Waals surface area contributed by atoms with Gasteiger partial charge >= 0.3 is 0 Å². The van der Waals surface area contributed by atoms with Crippen LogP contribution in [0, 0.1) is 0 Å². The van der Waals surface area contributed by atoms with Crippen molar-refractivity contribution in [2.45, 2.75) is 0 Å². The largest absolute Gasteiger partial charge is 0.455 e. The molecule has 0 spiro atoms. The van der Waals surface area contributed by atoms with E-state index in [1.54, 1.807) is 0 Å². The number of benzene rings is 7. The lowest BCUT2D eigenvalue weighted by Gasteiger charge is -2.10. The third-order valence-electron chi connectivity index (χ3n) is 8.70. The molecule has 4 nitrogen and oxygen atoms in total. The Labute approximate surface area is 271 Å². The van der Waals surface area contributed by atoms with Gasteiger partial charge in [-0.15, -0.1) is 0 Å². The van der Waals surface area contributed by atoms with Crippen molar-refractivity contribution in [3.05, 3.63) is 164 Å². The van der Waals surface area contributed by atoms with Gasteiger partial charge in [0.1, 0.15) is 11.2 Å². The summed E-state index contributed by atoms with van der Waals surface area (Å²) in [5.74, 6) is 1.86. The lowest BCUT2D eigenvalue weighted by atomic mass is 9.93. The third kappa shape index (κ3) is 4.84. The van der Waals surface area contributed by atoms with Crippen molar-refractivity contribution in [1.82, 2.24) is 15.0 Å². The Balaban J connectivity index is 1.25. The lowest BCUT2D eigenvalue weighted by molar-refractivity contribution is 0.670. The summed E-state index contributed by atoms with van der Waals surface area (Å²) in [6, 6.07) is 56.3. The molecule has 0 unspecified atom stereocenters. The summed E-state index contributed by atoms with van der Waals surface area (Å²) in [5.41, 5.74) is 8.95. The predicted molar refractivity (Wildman–Crippen MR) is 192 cm³/mol. The number of hydrogen-bond acceptors (Lipinski definition) is 4. The van der Waals surface area contributed by atoms with Crippen LogP contribution in [0.5, 0.6) is 0 Å². The Morgan fingerprint density at radius 1 is 0.340 bits per heavy atom. The maximum atomic E-state index is 6.81. The van der Waals surface area contributed by atoms with Crippen LogP contribution in [0.15, 0.2) is 168 Å². The minimum Gasteiger partial charge on any atom is -0.455 e. The second-order valence-electron chi connectivity index (χ2n) is 11.6. The number of fused-ring (bicyclic) bond motifs is 4. The number of furan rings is 1. The van der Waals surface area contributed by atoms with E-state index in [9.17, 15) is 0 Å². The molecule has 9 aromatic rings. The number of rotatable bonds is 5. The lowest BCUT2D eigenvalue weighted by Crippen LogP contribution is -2.00. The van der Waals surface area contributed by atoms with Gasteiger partial charge < -0.3 is 4.42 Å². The van der Waals surface area contributed by atoms with Crippen molar-refractivity contribution in [3.63, 3.8) is 0 Å². The molecule has 4 heteroatoms. The highest BCUT2D eigenvalue weighted by atomic mass is 16.3. The van der Waals surface area contributed by atoms with Gasteiger partial charge in [0.05, 0.1) is 0 Å². The smallest absolute Gasteiger partial charge is 0.164 e. The summed E-state index contributed by atoms with van der Waals surface area (Å²) in [5, 5.41) is 4.46. The van der Waals surface area contributed by atoms with E-state index < -0.39 is 0 Å². The van der Waals surface area contributed by atoms with Gasteiger partial charge in [0.2, 0.25) is 0 Å². The molecule has 2 aromatic heterocycles. The van der Waals surface area contributed by atoms with Gasteiger partial charge in [0, 0.05) is 33.0 Å². The van der Waals surface area contributed by atoms with Gasteiger partial charge in [-0.05, 0) is 51.7 Å². The van der Waals surface area contributed by atoms with E-state index in [4.69, 9.17) is 19.4 Å². The molecule has 0 aliphatic carbocycles. The minimum atomic E-state index is 0.598. The summed E-state index contributed by atoms with van der Waals surface area (Å²) in [4.78, 5) is 14.7. The first-order chi connectivity index (χ1) is 23.3. The predicted octanol–water partition coefficient (Wildman–Crippen LogP) is 11.3. The molecule has 0 amide bonds. The molecule has 0 fully saturated rings. The van der Waals surface area contributed by atoms with Gasteiger partial charge in [0.25, 0.3) is 0 Å². The van der Waals surface area contributed by atoms with E-state index in [0.29, 0.717) is 17.5 Å². The standard InChI is InChI=1S/C43H27N3O/c1-4-13-28(14-5-1)31-20-12-21-33(25-31)39-35-22-11-10-19-32(35)26-37-36-24-23-34(27-38(36)47-40(37)39)43-45-41(29-15-6-2-7-16-29)44-42(46-43)30-17-8-3-9-18-30/h1-27H. The highest BCUT2D eigenvalue weighted by molar-refractivity contribution is 6.18. The van der Waals surface area contributed by atoms with Gasteiger partial charge in [-0.25, -0.2) is 15.0 Å². The Hall–Kier alpha value is -6.39. The Morgan fingerprint density at radius 3 is 1.57 bits per heavy atom. The van der Waals surface area contributed by atoms with Crippen LogP contribution in [0.4, 0.5) is 0 Å². The molecule has 0 aliphatic heterocycles. The van der Waals surface area contributed by atoms with E-state index in [2.05, 4.69) is 97.1 Å². The van der Waals surface area contributed by atoms with Crippen molar-refractivity contribution in [1.29, 1.82) is 0 Å². The quantitative estimate of drug-likeness (QED) is 0.197. The molecule has 7 aromatic carbocycles. The summed E-state index contributed by atoms with van der Waals surface area (Å²) in [6.07, 6.45) is 0. The molecule has 0 aliphatic rings. The number of hydrogen-bond donors (Lipinski definition) is 0. The SMILES string of the molecule is c1ccc(-c2cccc(-c3c4ccccc4cc4c3oc3cc(-c5nc(-c6ccccc6)nc(-c6ccccc6)n5)ccc34)c2)cc1. The second kappa shape index (κ2) is 11.2. The van der Waals surface area contributed by atoms with Crippen LogP contribution in [-0.2, 0) is 0 Å². The van der Waals surface area contributed by atoms with Crippen LogP contribution in [0.25, 0.3) is 89.1 Å². The topological polar surface area (TPSA) is 51.8 Å². The normalized spacial score (nSPS) is 11.4. The van der Waals surface area contributed by atoms with Crippen molar-refractivity contribution < 1.29 is 4.42 Å². The third-order valence-corrected chi connectivity index (χ3v) is 8.70. The first-order valence-electron chi connectivity index (χ1n) is 15.7. The van der Waals surface area contributed by atoms with Crippen molar-refractivity contribution in [2.75, 3.05) is 0 Å². The number of aromatic nitrogens is 3. The molecule has 0 radical (unpaired) electrons. The average Bonchev–Trinajstić information content (AvgIpc) is 3.52. The maximum absolute atomic E-state index is 6.81. The minimum absolute atomic E-state index is 0.598. The second-order valence-corrected chi connectivity index (χ2v) is 11.6. The summed E-state index contributed by atoms with van der Waals surface area (Å²) >= 11 is 0. The highest BCUT2D eigenvalue weighted by Gasteiger charge is 2.19. The van der Waals surface area contributed by atoms with E-state index in [-0.39, 0.29) is 0 Å². The molecule has 2 heterocycles. The average molecular weight is 602 g/mol. The molecule has 9 rings (SSSR count). The van der Waals surface area contributed by atoms with Crippen molar-refractivity contribution in [2.24, 2.45) is 0 Å². The van der Waals surface area contributed by atoms with Gasteiger partial charge in [-0.3, -0.25) is 0 Å². The molecule has 0 atom stereocenters. The van der Waals surface area contributed by atoms with E-state index in [1.807, 2.05) is 66.7 Å². The Bertz CT molecular complexity index is 2500. The van der Waals surface area contributed by atoms with Gasteiger partial charge in [0.15, 0.2) is 17.5 Å². The molecule has 220 valence electrons. The van der Waals surface area contributed by atoms with Crippen LogP contribution >= 0.6 is 0 Å². The van der Waals surface area contributed by atoms with Crippen molar-refractivity contribution >= 4 is 32.7 Å². The fraction of sp³-hybridized carbons (Fsp3) is 0. The van der Waals surface area contributed by atoms with Crippen LogP contribution in [0.2, 0.25) is 0 Å². The first-order valence-corrected chi connectivity index (χ1v) is 15.7. The zero-order valence-electron chi connectivity index (χ0n) is 25.3. The Morgan fingerprint density at radius 2 is 0.894 bits per heavy atom. The van der Waals surface area contributed by atoms with E-state index in [0.717, 1.165) is 55.1 Å². The zero-order valence-corrected chi connectivity index (χ0v) is 25.3. The molecule has 0 saturated heterocycles. The number of nitrogens with zero attached hydrogens (tertiary/aromatic N) is 3. The highest BCUT2D eigenvalue weighted by Crippen LogP contribution is 2.42.